The lowest BCUT2D eigenvalue weighted by atomic mass is 10.4. The Morgan fingerprint density at radius 3 is 3.14 bits per heavy atom. The van der Waals surface area contributed by atoms with Crippen molar-refractivity contribution in [3.8, 4) is 11.6 Å². The van der Waals surface area contributed by atoms with Crippen molar-refractivity contribution in [2.45, 2.75) is 18.9 Å². The Hall–Kier alpha value is -1.36. The summed E-state index contributed by atoms with van der Waals surface area (Å²) >= 11 is 1.38. The molecule has 1 fully saturated rings. The van der Waals surface area contributed by atoms with E-state index < -0.39 is 0 Å². The van der Waals surface area contributed by atoms with Gasteiger partial charge in [0.1, 0.15) is 0 Å². The Labute approximate surface area is 85.1 Å². The summed E-state index contributed by atoms with van der Waals surface area (Å²) in [6.45, 7) is 0. The van der Waals surface area contributed by atoms with Crippen LogP contribution in [0.15, 0.2) is 22.8 Å². The molecule has 0 bridgehead atoms. The molecule has 0 radical (unpaired) electrons. The largest absolute Gasteiger partial charge is 0.461 e. The second-order valence-electron chi connectivity index (χ2n) is 3.32. The molecule has 1 N–H and O–H groups in total. The first kappa shape index (κ1) is 7.99. The SMILES string of the molecule is c1coc(-c2nsc(NC3CC3)n2)c1. The van der Waals surface area contributed by atoms with Crippen LogP contribution in [0.3, 0.4) is 0 Å². The molecule has 0 aromatic carbocycles. The third kappa shape index (κ3) is 1.50. The third-order valence-corrected chi connectivity index (χ3v) is 2.72. The van der Waals surface area contributed by atoms with Gasteiger partial charge >= 0.3 is 0 Å². The van der Waals surface area contributed by atoms with Gasteiger partial charge in [-0.2, -0.15) is 9.36 Å². The molecule has 1 saturated carbocycles. The average Bonchev–Trinajstić information content (AvgIpc) is 2.71. The summed E-state index contributed by atoms with van der Waals surface area (Å²) in [5.74, 6) is 1.40. The lowest BCUT2D eigenvalue weighted by Gasteiger charge is -1.94. The highest BCUT2D eigenvalue weighted by atomic mass is 32.1. The van der Waals surface area contributed by atoms with E-state index in [1.165, 1.54) is 24.4 Å². The van der Waals surface area contributed by atoms with E-state index in [4.69, 9.17) is 4.42 Å². The summed E-state index contributed by atoms with van der Waals surface area (Å²) in [6.07, 6.45) is 4.12. The zero-order valence-corrected chi connectivity index (χ0v) is 8.25. The molecule has 2 aromatic rings. The van der Waals surface area contributed by atoms with Crippen LogP contribution < -0.4 is 5.32 Å². The molecular weight excluding hydrogens is 198 g/mol. The highest BCUT2D eigenvalue weighted by molar-refractivity contribution is 7.09. The van der Waals surface area contributed by atoms with Crippen LogP contribution in [0.5, 0.6) is 0 Å². The average molecular weight is 207 g/mol. The normalized spacial score (nSPS) is 15.7. The van der Waals surface area contributed by atoms with Gasteiger partial charge in [-0.3, -0.25) is 0 Å². The molecule has 2 aromatic heterocycles. The van der Waals surface area contributed by atoms with Gasteiger partial charge in [0.25, 0.3) is 0 Å². The molecule has 1 aliphatic carbocycles. The smallest absolute Gasteiger partial charge is 0.210 e. The van der Waals surface area contributed by atoms with Crippen molar-refractivity contribution in [1.82, 2.24) is 9.36 Å². The number of nitrogens with one attached hydrogen (secondary N) is 1. The Kier molecular flexibility index (Phi) is 1.77. The fourth-order valence-corrected chi connectivity index (χ4v) is 1.84. The van der Waals surface area contributed by atoms with Crippen molar-refractivity contribution in [1.29, 1.82) is 0 Å². The van der Waals surface area contributed by atoms with Crippen molar-refractivity contribution < 1.29 is 4.42 Å². The van der Waals surface area contributed by atoms with Crippen LogP contribution in [0.4, 0.5) is 5.13 Å². The van der Waals surface area contributed by atoms with Crippen LogP contribution in [-0.2, 0) is 0 Å². The minimum absolute atomic E-state index is 0.618. The molecule has 2 heterocycles. The van der Waals surface area contributed by atoms with E-state index in [1.54, 1.807) is 6.26 Å². The maximum absolute atomic E-state index is 5.21. The second-order valence-corrected chi connectivity index (χ2v) is 4.07. The predicted molar refractivity (Wildman–Crippen MR) is 54.3 cm³/mol. The molecule has 0 unspecified atom stereocenters. The zero-order valence-electron chi connectivity index (χ0n) is 7.43. The van der Waals surface area contributed by atoms with Crippen LogP contribution in [0.25, 0.3) is 11.6 Å². The predicted octanol–water partition coefficient (Wildman–Crippen LogP) is 2.37. The van der Waals surface area contributed by atoms with Crippen LogP contribution in [0.2, 0.25) is 0 Å². The highest BCUT2D eigenvalue weighted by Gasteiger charge is 2.22. The van der Waals surface area contributed by atoms with E-state index in [-0.39, 0.29) is 0 Å². The van der Waals surface area contributed by atoms with Crippen molar-refractivity contribution in [2.75, 3.05) is 5.32 Å². The molecule has 3 rings (SSSR count). The van der Waals surface area contributed by atoms with Crippen molar-refractivity contribution in [2.24, 2.45) is 0 Å². The van der Waals surface area contributed by atoms with Gasteiger partial charge in [0.05, 0.1) is 6.26 Å². The van der Waals surface area contributed by atoms with Crippen LogP contribution in [0, 0.1) is 0 Å². The lowest BCUT2D eigenvalue weighted by molar-refractivity contribution is 0.578. The van der Waals surface area contributed by atoms with E-state index in [0.29, 0.717) is 11.9 Å². The molecule has 4 nitrogen and oxygen atoms in total. The standard InChI is InChI=1S/C9H9N3OS/c1-2-7(13-5-1)8-11-9(14-12-8)10-6-3-4-6/h1-2,5-6H,3-4H2,(H,10,11,12). The molecule has 1 aliphatic rings. The summed E-state index contributed by atoms with van der Waals surface area (Å²) in [4.78, 5) is 4.34. The molecular formula is C9H9N3OS. The molecule has 14 heavy (non-hydrogen) atoms. The highest BCUT2D eigenvalue weighted by Crippen LogP contribution is 2.27. The molecule has 0 atom stereocenters. The van der Waals surface area contributed by atoms with Gasteiger partial charge in [-0.15, -0.1) is 0 Å². The quantitative estimate of drug-likeness (QED) is 0.839. The number of furan rings is 1. The first-order valence-corrected chi connectivity index (χ1v) is 5.33. The van der Waals surface area contributed by atoms with Gasteiger partial charge in [0.15, 0.2) is 5.76 Å². The Balaban J connectivity index is 1.82. The number of hydrogen-bond acceptors (Lipinski definition) is 5. The maximum atomic E-state index is 5.21. The van der Waals surface area contributed by atoms with E-state index >= 15 is 0 Å². The van der Waals surface area contributed by atoms with Crippen LogP contribution in [-0.4, -0.2) is 15.4 Å². The van der Waals surface area contributed by atoms with Gasteiger partial charge in [-0.25, -0.2) is 0 Å². The first-order valence-electron chi connectivity index (χ1n) is 4.56. The summed E-state index contributed by atoms with van der Waals surface area (Å²) in [5, 5.41) is 4.19. The van der Waals surface area contributed by atoms with Gasteiger partial charge in [-0.1, -0.05) is 0 Å². The number of aromatic nitrogens is 2. The van der Waals surface area contributed by atoms with E-state index in [2.05, 4.69) is 14.7 Å². The maximum Gasteiger partial charge on any atom is 0.210 e. The van der Waals surface area contributed by atoms with Gasteiger partial charge < -0.3 is 9.73 Å². The van der Waals surface area contributed by atoms with Crippen LogP contribution in [0.1, 0.15) is 12.8 Å². The fourth-order valence-electron chi connectivity index (χ4n) is 1.19. The van der Waals surface area contributed by atoms with Crippen molar-refractivity contribution in [3.05, 3.63) is 18.4 Å². The minimum Gasteiger partial charge on any atom is -0.461 e. The summed E-state index contributed by atoms with van der Waals surface area (Å²) in [6, 6.07) is 4.32. The Bertz CT molecular complexity index is 419. The number of rotatable bonds is 3. The van der Waals surface area contributed by atoms with Crippen molar-refractivity contribution in [3.63, 3.8) is 0 Å². The molecule has 0 spiro atoms. The Morgan fingerprint density at radius 2 is 2.43 bits per heavy atom. The van der Waals surface area contributed by atoms with Crippen LogP contribution >= 0.6 is 11.5 Å². The van der Waals surface area contributed by atoms with Gasteiger partial charge in [0, 0.05) is 17.6 Å². The van der Waals surface area contributed by atoms with E-state index in [0.717, 1.165) is 10.9 Å². The van der Waals surface area contributed by atoms with Crippen molar-refractivity contribution >= 4 is 16.7 Å². The zero-order chi connectivity index (χ0) is 9.38. The van der Waals surface area contributed by atoms with Gasteiger partial charge in [-0.05, 0) is 25.0 Å². The Morgan fingerprint density at radius 1 is 1.50 bits per heavy atom. The lowest BCUT2D eigenvalue weighted by Crippen LogP contribution is -1.99. The molecule has 72 valence electrons. The van der Waals surface area contributed by atoms with E-state index in [1.807, 2.05) is 12.1 Å². The van der Waals surface area contributed by atoms with E-state index in [9.17, 15) is 0 Å². The second kappa shape index (κ2) is 3.09. The molecule has 0 amide bonds. The summed E-state index contributed by atoms with van der Waals surface area (Å²) < 4.78 is 9.42. The summed E-state index contributed by atoms with van der Waals surface area (Å²) in [5.41, 5.74) is 0. The first-order chi connectivity index (χ1) is 6.92. The summed E-state index contributed by atoms with van der Waals surface area (Å²) in [7, 11) is 0. The number of nitrogens with zero attached hydrogens (tertiary/aromatic N) is 2. The third-order valence-electron chi connectivity index (χ3n) is 2.07. The topological polar surface area (TPSA) is 51.0 Å². The monoisotopic (exact) mass is 207 g/mol. The van der Waals surface area contributed by atoms with Gasteiger partial charge in [0.2, 0.25) is 11.0 Å². The molecule has 0 saturated heterocycles. The molecule has 5 heteroatoms. The molecule has 0 aliphatic heterocycles. The number of hydrogen-bond donors (Lipinski definition) is 1. The number of anilines is 1. The fraction of sp³-hybridized carbons (Fsp3) is 0.333. The minimum atomic E-state index is 0.618.